The van der Waals surface area contributed by atoms with Crippen LogP contribution in [0.25, 0.3) is 0 Å². The molecule has 0 amide bonds. The van der Waals surface area contributed by atoms with E-state index in [4.69, 9.17) is 5.11 Å². The zero-order valence-corrected chi connectivity index (χ0v) is 13.3. The largest absolute Gasteiger partial charge is 0.478 e. The molecule has 0 aliphatic carbocycles. The van der Waals surface area contributed by atoms with Gasteiger partial charge in [0.05, 0.1) is 10.5 Å². The van der Waals surface area contributed by atoms with Gasteiger partial charge >= 0.3 is 5.97 Å². The SMILES string of the molecule is CC(C)(C)CNS(=O)(=O)c1ccc(Br)c(C(=O)O)c1. The average molecular weight is 350 g/mol. The predicted octanol–water partition coefficient (Wildman–Crippen LogP) is 2.47. The minimum absolute atomic E-state index is 0.0580. The maximum Gasteiger partial charge on any atom is 0.336 e. The molecule has 0 saturated carbocycles. The van der Waals surface area contributed by atoms with Gasteiger partial charge in [-0.15, -0.1) is 0 Å². The number of aromatic carboxylic acids is 1. The van der Waals surface area contributed by atoms with E-state index in [1.807, 2.05) is 20.8 Å². The number of halogens is 1. The highest BCUT2D eigenvalue weighted by molar-refractivity contribution is 9.10. The Bertz CT molecular complexity index is 590. The molecule has 1 aromatic carbocycles. The lowest BCUT2D eigenvalue weighted by molar-refractivity contribution is 0.0695. The van der Waals surface area contributed by atoms with Crippen LogP contribution in [0.4, 0.5) is 0 Å². The third-order valence-electron chi connectivity index (χ3n) is 2.27. The lowest BCUT2D eigenvalue weighted by Crippen LogP contribution is -2.32. The first-order chi connectivity index (χ1) is 8.53. The number of hydrogen-bond donors (Lipinski definition) is 2. The zero-order chi connectivity index (χ0) is 14.8. The number of nitrogens with one attached hydrogen (secondary N) is 1. The highest BCUT2D eigenvalue weighted by Gasteiger charge is 2.20. The maximum absolute atomic E-state index is 12.0. The minimum atomic E-state index is -3.70. The molecule has 7 heteroatoms. The maximum atomic E-state index is 12.0. The second-order valence-corrected chi connectivity index (χ2v) is 7.95. The number of benzene rings is 1. The quantitative estimate of drug-likeness (QED) is 0.874. The van der Waals surface area contributed by atoms with Gasteiger partial charge in [0.2, 0.25) is 10.0 Å². The molecule has 0 heterocycles. The summed E-state index contributed by atoms with van der Waals surface area (Å²) < 4.78 is 26.9. The average Bonchev–Trinajstić information content (AvgIpc) is 2.25. The molecular weight excluding hydrogens is 334 g/mol. The second kappa shape index (κ2) is 5.60. The number of carbonyl (C=O) groups is 1. The van der Waals surface area contributed by atoms with Crippen molar-refractivity contribution in [3.05, 3.63) is 28.2 Å². The smallest absolute Gasteiger partial charge is 0.336 e. The summed E-state index contributed by atoms with van der Waals surface area (Å²) in [7, 11) is -3.70. The molecule has 0 fully saturated rings. The zero-order valence-electron chi connectivity index (χ0n) is 10.9. The summed E-state index contributed by atoms with van der Waals surface area (Å²) in [5, 5.41) is 8.97. The van der Waals surface area contributed by atoms with Gasteiger partial charge in [-0.3, -0.25) is 0 Å². The summed E-state index contributed by atoms with van der Waals surface area (Å²) in [4.78, 5) is 10.9. The third-order valence-corrected chi connectivity index (χ3v) is 4.36. The van der Waals surface area contributed by atoms with Crippen LogP contribution in [-0.2, 0) is 10.0 Å². The lowest BCUT2D eigenvalue weighted by atomic mass is 9.98. The van der Waals surface area contributed by atoms with E-state index in [0.717, 1.165) is 6.07 Å². The molecule has 0 aromatic heterocycles. The Balaban J connectivity index is 3.09. The van der Waals surface area contributed by atoms with E-state index in [2.05, 4.69) is 20.7 Å². The normalized spacial score (nSPS) is 12.4. The molecule has 0 aliphatic rings. The van der Waals surface area contributed by atoms with Gasteiger partial charge in [-0.2, -0.15) is 0 Å². The van der Waals surface area contributed by atoms with Gasteiger partial charge < -0.3 is 5.11 Å². The molecule has 5 nitrogen and oxygen atoms in total. The molecule has 1 aromatic rings. The molecule has 0 saturated heterocycles. The van der Waals surface area contributed by atoms with Crippen molar-refractivity contribution < 1.29 is 18.3 Å². The van der Waals surface area contributed by atoms with Crippen molar-refractivity contribution in [3.8, 4) is 0 Å². The van der Waals surface area contributed by atoms with Crippen LogP contribution in [-0.4, -0.2) is 26.0 Å². The van der Waals surface area contributed by atoms with Crippen molar-refractivity contribution in [1.29, 1.82) is 0 Å². The first-order valence-electron chi connectivity index (χ1n) is 5.55. The molecule has 0 radical (unpaired) electrons. The first kappa shape index (κ1) is 16.1. The Morgan fingerprint density at radius 1 is 1.37 bits per heavy atom. The van der Waals surface area contributed by atoms with Crippen molar-refractivity contribution in [1.82, 2.24) is 4.72 Å². The molecule has 19 heavy (non-hydrogen) atoms. The van der Waals surface area contributed by atoms with Gasteiger partial charge in [0.25, 0.3) is 0 Å². The van der Waals surface area contributed by atoms with Gasteiger partial charge in [-0.1, -0.05) is 20.8 Å². The molecule has 106 valence electrons. The Labute approximate surface area is 121 Å². The van der Waals surface area contributed by atoms with Crippen LogP contribution in [0.1, 0.15) is 31.1 Å². The summed E-state index contributed by atoms with van der Waals surface area (Å²) in [6, 6.07) is 3.91. The third kappa shape index (κ3) is 4.59. The summed E-state index contributed by atoms with van der Waals surface area (Å²) in [5.41, 5.74) is -0.281. The summed E-state index contributed by atoms with van der Waals surface area (Å²) in [5.74, 6) is -1.18. The number of hydrogen-bond acceptors (Lipinski definition) is 3. The first-order valence-corrected chi connectivity index (χ1v) is 7.83. The summed E-state index contributed by atoms with van der Waals surface area (Å²) >= 11 is 3.07. The van der Waals surface area contributed by atoms with Crippen molar-refractivity contribution in [3.63, 3.8) is 0 Å². The van der Waals surface area contributed by atoms with E-state index in [-0.39, 0.29) is 22.4 Å². The Kier molecular flexibility index (Phi) is 4.76. The van der Waals surface area contributed by atoms with E-state index in [1.54, 1.807) is 0 Å². The van der Waals surface area contributed by atoms with E-state index < -0.39 is 16.0 Å². The lowest BCUT2D eigenvalue weighted by Gasteiger charge is -2.18. The van der Waals surface area contributed by atoms with Crippen molar-refractivity contribution in [2.24, 2.45) is 5.41 Å². The van der Waals surface area contributed by atoms with Gasteiger partial charge in [-0.25, -0.2) is 17.9 Å². The van der Waals surface area contributed by atoms with Crippen molar-refractivity contribution in [2.45, 2.75) is 25.7 Å². The van der Waals surface area contributed by atoms with Crippen LogP contribution in [0.5, 0.6) is 0 Å². The second-order valence-electron chi connectivity index (χ2n) is 5.33. The minimum Gasteiger partial charge on any atom is -0.478 e. The summed E-state index contributed by atoms with van der Waals surface area (Å²) in [6.45, 7) is 5.98. The molecule has 0 bridgehead atoms. The number of rotatable bonds is 4. The monoisotopic (exact) mass is 349 g/mol. The molecule has 0 spiro atoms. The van der Waals surface area contributed by atoms with Crippen LogP contribution in [0.15, 0.2) is 27.6 Å². The number of carboxylic acids is 1. The van der Waals surface area contributed by atoms with E-state index in [9.17, 15) is 13.2 Å². The molecule has 1 rings (SSSR count). The highest BCUT2D eigenvalue weighted by Crippen LogP contribution is 2.21. The van der Waals surface area contributed by atoms with E-state index in [1.165, 1.54) is 12.1 Å². The molecular formula is C12H16BrNO4S. The highest BCUT2D eigenvalue weighted by atomic mass is 79.9. The van der Waals surface area contributed by atoms with Crippen LogP contribution < -0.4 is 4.72 Å². The topological polar surface area (TPSA) is 83.5 Å². The molecule has 2 N–H and O–H groups in total. The fourth-order valence-corrected chi connectivity index (χ4v) is 2.96. The van der Waals surface area contributed by atoms with Crippen molar-refractivity contribution in [2.75, 3.05) is 6.54 Å². The van der Waals surface area contributed by atoms with Gasteiger partial charge in [0.15, 0.2) is 0 Å². The number of sulfonamides is 1. The molecule has 0 aliphatic heterocycles. The predicted molar refractivity (Wildman–Crippen MR) is 75.7 cm³/mol. The van der Waals surface area contributed by atoms with Gasteiger partial charge in [0, 0.05) is 11.0 Å². The van der Waals surface area contributed by atoms with Crippen LogP contribution in [0.2, 0.25) is 0 Å². The summed E-state index contributed by atoms with van der Waals surface area (Å²) in [6.07, 6.45) is 0. The number of carboxylic acid groups (broad SMARTS) is 1. The van der Waals surface area contributed by atoms with Crippen LogP contribution >= 0.6 is 15.9 Å². The van der Waals surface area contributed by atoms with Crippen LogP contribution in [0.3, 0.4) is 0 Å². The van der Waals surface area contributed by atoms with Gasteiger partial charge in [-0.05, 0) is 39.5 Å². The Hall–Kier alpha value is -0.920. The standard InChI is InChI=1S/C12H16BrNO4S/c1-12(2,3)7-14-19(17,18)8-4-5-10(13)9(6-8)11(15)16/h4-6,14H,7H2,1-3H3,(H,15,16). The van der Waals surface area contributed by atoms with Gasteiger partial charge in [0.1, 0.15) is 0 Å². The molecule has 0 unspecified atom stereocenters. The Morgan fingerprint density at radius 2 is 1.95 bits per heavy atom. The fraction of sp³-hybridized carbons (Fsp3) is 0.417. The Morgan fingerprint density at radius 3 is 2.42 bits per heavy atom. The van der Waals surface area contributed by atoms with E-state index in [0.29, 0.717) is 4.47 Å². The molecule has 0 atom stereocenters. The van der Waals surface area contributed by atoms with Crippen molar-refractivity contribution >= 4 is 31.9 Å². The van der Waals surface area contributed by atoms with E-state index >= 15 is 0 Å². The van der Waals surface area contributed by atoms with Crippen LogP contribution in [0, 0.1) is 5.41 Å². The fourth-order valence-electron chi connectivity index (χ4n) is 1.23.